The van der Waals surface area contributed by atoms with Gasteiger partial charge in [-0.2, -0.15) is 0 Å². The Balaban J connectivity index is 2.01. The number of hydrogen-bond donors (Lipinski definition) is 1. The number of benzene rings is 1. The molecular weight excluding hydrogens is 354 g/mol. The Hall–Kier alpha value is -3.62. The minimum absolute atomic E-state index is 0.00527. The maximum Gasteiger partial charge on any atom is 0.433 e. The molecular formula is C18H17N3O6. The van der Waals surface area contributed by atoms with Gasteiger partial charge in [-0.15, -0.1) is 0 Å². The van der Waals surface area contributed by atoms with Gasteiger partial charge in [0.15, 0.2) is 5.76 Å². The number of furan rings is 2. The molecule has 0 saturated heterocycles. The van der Waals surface area contributed by atoms with Crippen LogP contribution in [0.25, 0.3) is 11.0 Å². The normalized spacial score (nSPS) is 10.7. The highest BCUT2D eigenvalue weighted by molar-refractivity contribution is 6.13. The van der Waals surface area contributed by atoms with Crippen LogP contribution in [0.1, 0.15) is 35.0 Å². The molecule has 0 aliphatic rings. The fraction of sp³-hybridized carbons (Fsp3) is 0.222. The number of fused-ring (bicyclic) bond motifs is 1. The molecule has 0 atom stereocenters. The van der Waals surface area contributed by atoms with E-state index in [-0.39, 0.29) is 23.1 Å². The zero-order chi connectivity index (χ0) is 19.6. The van der Waals surface area contributed by atoms with E-state index < -0.39 is 16.7 Å². The van der Waals surface area contributed by atoms with Crippen molar-refractivity contribution < 1.29 is 23.3 Å². The minimum Gasteiger partial charge on any atom is -0.449 e. The van der Waals surface area contributed by atoms with Crippen LogP contribution < -0.4 is 5.32 Å². The van der Waals surface area contributed by atoms with Gasteiger partial charge in [-0.25, -0.2) is 0 Å². The quantitative estimate of drug-likeness (QED) is 0.521. The van der Waals surface area contributed by atoms with Gasteiger partial charge in [0.1, 0.15) is 16.2 Å². The van der Waals surface area contributed by atoms with Crippen LogP contribution in [0.5, 0.6) is 0 Å². The monoisotopic (exact) mass is 371 g/mol. The molecule has 3 aromatic rings. The molecule has 1 aromatic carbocycles. The van der Waals surface area contributed by atoms with E-state index in [1.807, 2.05) is 13.8 Å². The van der Waals surface area contributed by atoms with Crippen molar-refractivity contribution in [3.05, 3.63) is 58.0 Å². The maximum atomic E-state index is 12.8. The summed E-state index contributed by atoms with van der Waals surface area (Å²) < 4.78 is 10.6. The van der Waals surface area contributed by atoms with Crippen LogP contribution in [0.15, 0.2) is 45.2 Å². The van der Waals surface area contributed by atoms with Gasteiger partial charge in [-0.05, 0) is 32.0 Å². The highest BCUT2D eigenvalue weighted by Gasteiger charge is 2.26. The summed E-state index contributed by atoms with van der Waals surface area (Å²) in [6, 6.07) is 9.17. The van der Waals surface area contributed by atoms with E-state index in [0.29, 0.717) is 24.1 Å². The molecule has 0 aliphatic heterocycles. The number of hydrogen-bond acceptors (Lipinski definition) is 6. The van der Waals surface area contributed by atoms with E-state index in [2.05, 4.69) is 5.32 Å². The predicted molar refractivity (Wildman–Crippen MR) is 96.8 cm³/mol. The molecule has 2 heterocycles. The molecule has 9 heteroatoms. The summed E-state index contributed by atoms with van der Waals surface area (Å²) in [5.41, 5.74) is 0.639. The molecule has 0 saturated carbocycles. The van der Waals surface area contributed by atoms with Crippen LogP contribution in [-0.2, 0) is 0 Å². The molecule has 0 radical (unpaired) electrons. The smallest absolute Gasteiger partial charge is 0.433 e. The van der Waals surface area contributed by atoms with E-state index in [4.69, 9.17) is 8.83 Å². The average Bonchev–Trinajstić information content (AvgIpc) is 3.28. The molecule has 0 aliphatic carbocycles. The van der Waals surface area contributed by atoms with Gasteiger partial charge in [0.05, 0.1) is 6.07 Å². The summed E-state index contributed by atoms with van der Waals surface area (Å²) in [4.78, 5) is 36.8. The van der Waals surface area contributed by atoms with Crippen molar-refractivity contribution >= 4 is 34.4 Å². The van der Waals surface area contributed by atoms with Crippen LogP contribution in [0, 0.1) is 10.1 Å². The Bertz CT molecular complexity index is 1020. The summed E-state index contributed by atoms with van der Waals surface area (Å²) in [6.45, 7) is 4.63. The summed E-state index contributed by atoms with van der Waals surface area (Å²) in [5, 5.41) is 13.9. The van der Waals surface area contributed by atoms with Gasteiger partial charge in [0.2, 0.25) is 5.76 Å². The second-order valence-corrected chi connectivity index (χ2v) is 5.63. The first-order valence-corrected chi connectivity index (χ1v) is 8.32. The highest BCUT2D eigenvalue weighted by Crippen LogP contribution is 2.32. The minimum atomic E-state index is -0.737. The summed E-state index contributed by atoms with van der Waals surface area (Å²) in [7, 11) is 0. The summed E-state index contributed by atoms with van der Waals surface area (Å²) >= 11 is 0. The van der Waals surface area contributed by atoms with Gasteiger partial charge in [0.25, 0.3) is 11.8 Å². The fourth-order valence-electron chi connectivity index (χ4n) is 2.70. The van der Waals surface area contributed by atoms with Gasteiger partial charge in [-0.1, -0.05) is 12.1 Å². The molecule has 0 bridgehead atoms. The number of nitro groups is 1. The number of para-hydroxylation sites is 1. The molecule has 0 unspecified atom stereocenters. The SMILES string of the molecule is CCN(CC)C(=O)c1oc2ccccc2c1NC(=O)c1ccc([N+](=O)[O-])o1. The number of carbonyl (C=O) groups excluding carboxylic acids is 2. The van der Waals surface area contributed by atoms with E-state index in [1.54, 1.807) is 29.2 Å². The topological polar surface area (TPSA) is 119 Å². The molecule has 2 aromatic heterocycles. The van der Waals surface area contributed by atoms with Gasteiger partial charge >= 0.3 is 5.88 Å². The van der Waals surface area contributed by atoms with E-state index >= 15 is 0 Å². The number of carbonyl (C=O) groups is 2. The molecule has 2 amide bonds. The third-order valence-corrected chi connectivity index (χ3v) is 4.07. The lowest BCUT2D eigenvalue weighted by Crippen LogP contribution is -2.31. The average molecular weight is 371 g/mol. The maximum absolute atomic E-state index is 12.8. The Kier molecular flexibility index (Phi) is 4.93. The fourth-order valence-corrected chi connectivity index (χ4v) is 2.70. The van der Waals surface area contributed by atoms with Crippen LogP contribution in [0.2, 0.25) is 0 Å². The highest BCUT2D eigenvalue weighted by atomic mass is 16.6. The predicted octanol–water partition coefficient (Wildman–Crippen LogP) is 3.67. The van der Waals surface area contributed by atoms with Crippen molar-refractivity contribution in [1.29, 1.82) is 0 Å². The first kappa shape index (κ1) is 18.2. The van der Waals surface area contributed by atoms with Crippen molar-refractivity contribution in [1.82, 2.24) is 4.90 Å². The lowest BCUT2D eigenvalue weighted by Gasteiger charge is -2.17. The second-order valence-electron chi connectivity index (χ2n) is 5.63. The summed E-state index contributed by atoms with van der Waals surface area (Å²) in [5.74, 6) is -1.88. The molecule has 0 fully saturated rings. The zero-order valence-electron chi connectivity index (χ0n) is 14.7. The first-order chi connectivity index (χ1) is 13.0. The van der Waals surface area contributed by atoms with E-state index in [1.165, 1.54) is 6.07 Å². The molecule has 27 heavy (non-hydrogen) atoms. The number of nitrogens with one attached hydrogen (secondary N) is 1. The van der Waals surface area contributed by atoms with E-state index in [9.17, 15) is 19.7 Å². The Morgan fingerprint density at radius 2 is 1.81 bits per heavy atom. The third kappa shape index (κ3) is 3.39. The van der Waals surface area contributed by atoms with Crippen LogP contribution in [0.3, 0.4) is 0 Å². The largest absolute Gasteiger partial charge is 0.449 e. The zero-order valence-corrected chi connectivity index (χ0v) is 14.7. The second kappa shape index (κ2) is 7.32. The lowest BCUT2D eigenvalue weighted by atomic mass is 10.2. The van der Waals surface area contributed by atoms with Crippen molar-refractivity contribution in [2.24, 2.45) is 0 Å². The number of nitrogens with zero attached hydrogens (tertiary/aromatic N) is 2. The van der Waals surface area contributed by atoms with E-state index in [0.717, 1.165) is 6.07 Å². The summed E-state index contributed by atoms with van der Waals surface area (Å²) in [6.07, 6.45) is 0. The standard InChI is InChI=1S/C18H17N3O6/c1-3-20(4-2)18(23)16-15(11-7-5-6-8-12(11)27-16)19-17(22)13-9-10-14(26-13)21(24)25/h5-10H,3-4H2,1-2H3,(H,19,22). The van der Waals surface area contributed by atoms with Crippen molar-refractivity contribution in [2.75, 3.05) is 18.4 Å². The molecule has 0 spiro atoms. The Morgan fingerprint density at radius 1 is 1.11 bits per heavy atom. The molecule has 1 N–H and O–H groups in total. The molecule has 140 valence electrons. The van der Waals surface area contributed by atoms with Gasteiger partial charge in [-0.3, -0.25) is 19.7 Å². The number of rotatable bonds is 6. The lowest BCUT2D eigenvalue weighted by molar-refractivity contribution is -0.402. The van der Waals surface area contributed by atoms with Gasteiger partial charge < -0.3 is 19.1 Å². The van der Waals surface area contributed by atoms with Crippen LogP contribution in [0.4, 0.5) is 11.6 Å². The van der Waals surface area contributed by atoms with Crippen molar-refractivity contribution in [3.8, 4) is 0 Å². The van der Waals surface area contributed by atoms with Gasteiger partial charge in [0, 0.05) is 18.5 Å². The van der Waals surface area contributed by atoms with Crippen LogP contribution >= 0.6 is 0 Å². The van der Waals surface area contributed by atoms with Crippen molar-refractivity contribution in [2.45, 2.75) is 13.8 Å². The first-order valence-electron chi connectivity index (χ1n) is 8.32. The Labute approximate surface area is 153 Å². The van der Waals surface area contributed by atoms with Crippen molar-refractivity contribution in [3.63, 3.8) is 0 Å². The number of amides is 2. The Morgan fingerprint density at radius 3 is 2.44 bits per heavy atom. The molecule has 3 rings (SSSR count). The third-order valence-electron chi connectivity index (χ3n) is 4.07. The molecule has 9 nitrogen and oxygen atoms in total. The number of anilines is 1. The van der Waals surface area contributed by atoms with Crippen LogP contribution in [-0.4, -0.2) is 34.7 Å².